The van der Waals surface area contributed by atoms with Gasteiger partial charge in [0.2, 0.25) is 0 Å². The van der Waals surface area contributed by atoms with E-state index in [0.717, 1.165) is 11.8 Å². The van der Waals surface area contributed by atoms with Crippen molar-refractivity contribution in [2.45, 2.75) is 46.0 Å². The number of hydrogen-bond donors (Lipinski definition) is 0. The van der Waals surface area contributed by atoms with Gasteiger partial charge >= 0.3 is 0 Å². The predicted octanol–water partition coefficient (Wildman–Crippen LogP) is 4.34. The van der Waals surface area contributed by atoms with Crippen LogP contribution in [0.3, 0.4) is 0 Å². The summed E-state index contributed by atoms with van der Waals surface area (Å²) in [6.45, 7) is 8.28. The summed E-state index contributed by atoms with van der Waals surface area (Å²) in [5, 5.41) is 0. The molecule has 0 spiro atoms. The summed E-state index contributed by atoms with van der Waals surface area (Å²) >= 11 is 0. The Labute approximate surface area is 82.7 Å². The van der Waals surface area contributed by atoms with Crippen LogP contribution in [0.15, 0.2) is 24.3 Å². The number of hydrogen-bond acceptors (Lipinski definition) is 0. The van der Waals surface area contributed by atoms with Crippen molar-refractivity contribution in [3.8, 4) is 0 Å². The Morgan fingerprint density at radius 3 is 2.77 bits per heavy atom. The van der Waals surface area contributed by atoms with Gasteiger partial charge in [-0.05, 0) is 44.9 Å². The van der Waals surface area contributed by atoms with Crippen molar-refractivity contribution < 1.29 is 0 Å². The molecule has 0 heteroatoms. The molecule has 0 saturated heterocycles. The van der Waals surface area contributed by atoms with E-state index in [9.17, 15) is 0 Å². The molecule has 2 unspecified atom stereocenters. The Morgan fingerprint density at radius 2 is 2.15 bits per heavy atom. The third kappa shape index (κ3) is 3.80. The Bertz CT molecular complexity index is 184. The summed E-state index contributed by atoms with van der Waals surface area (Å²) in [4.78, 5) is 0. The molecule has 1 saturated carbocycles. The van der Waals surface area contributed by atoms with Crippen molar-refractivity contribution in [3.05, 3.63) is 24.3 Å². The van der Waals surface area contributed by atoms with E-state index in [-0.39, 0.29) is 0 Å². The van der Waals surface area contributed by atoms with Crippen LogP contribution in [0.2, 0.25) is 0 Å². The van der Waals surface area contributed by atoms with E-state index in [0.29, 0.717) is 0 Å². The molecule has 0 nitrogen and oxygen atoms in total. The fourth-order valence-corrected chi connectivity index (χ4v) is 2.16. The molecule has 0 aromatic heterocycles. The van der Waals surface area contributed by atoms with Crippen LogP contribution in [0.25, 0.3) is 0 Å². The molecule has 74 valence electrons. The minimum Gasteiger partial charge on any atom is -0.103 e. The zero-order chi connectivity index (χ0) is 9.68. The monoisotopic (exact) mass is 178 g/mol. The SMILES string of the molecule is C=CC1CCCC(CC=C(C)C)C1. The zero-order valence-electron chi connectivity index (χ0n) is 9.05. The molecule has 13 heavy (non-hydrogen) atoms. The molecule has 0 radical (unpaired) electrons. The van der Waals surface area contributed by atoms with Gasteiger partial charge in [-0.25, -0.2) is 0 Å². The van der Waals surface area contributed by atoms with E-state index in [4.69, 9.17) is 0 Å². The molecule has 0 aromatic rings. The van der Waals surface area contributed by atoms with Gasteiger partial charge in [-0.2, -0.15) is 0 Å². The Morgan fingerprint density at radius 1 is 1.38 bits per heavy atom. The summed E-state index contributed by atoms with van der Waals surface area (Å²) in [6, 6.07) is 0. The predicted molar refractivity (Wildman–Crippen MR) is 59.7 cm³/mol. The third-order valence-electron chi connectivity index (χ3n) is 3.02. The van der Waals surface area contributed by atoms with E-state index in [1.54, 1.807) is 0 Å². The molecule has 0 N–H and O–H groups in total. The van der Waals surface area contributed by atoms with E-state index in [1.165, 1.54) is 37.7 Å². The van der Waals surface area contributed by atoms with E-state index >= 15 is 0 Å². The van der Waals surface area contributed by atoms with Gasteiger partial charge in [0, 0.05) is 0 Å². The maximum absolute atomic E-state index is 3.90. The Hall–Kier alpha value is -0.520. The van der Waals surface area contributed by atoms with Crippen LogP contribution in [0.1, 0.15) is 46.0 Å². The van der Waals surface area contributed by atoms with Gasteiger partial charge in [0.25, 0.3) is 0 Å². The van der Waals surface area contributed by atoms with Gasteiger partial charge in [0.15, 0.2) is 0 Å². The molecule has 2 atom stereocenters. The Kier molecular flexibility index (Phi) is 4.27. The molecule has 1 aliphatic rings. The van der Waals surface area contributed by atoms with Crippen LogP contribution in [-0.4, -0.2) is 0 Å². The average molecular weight is 178 g/mol. The highest BCUT2D eigenvalue weighted by Gasteiger charge is 2.18. The van der Waals surface area contributed by atoms with Crippen molar-refractivity contribution in [3.63, 3.8) is 0 Å². The first-order valence-electron chi connectivity index (χ1n) is 5.48. The lowest BCUT2D eigenvalue weighted by Crippen LogP contribution is -2.13. The topological polar surface area (TPSA) is 0 Å². The largest absolute Gasteiger partial charge is 0.103 e. The van der Waals surface area contributed by atoms with Gasteiger partial charge in [0.05, 0.1) is 0 Å². The van der Waals surface area contributed by atoms with Gasteiger partial charge in [-0.3, -0.25) is 0 Å². The van der Waals surface area contributed by atoms with Crippen LogP contribution >= 0.6 is 0 Å². The van der Waals surface area contributed by atoms with Crippen molar-refractivity contribution in [2.75, 3.05) is 0 Å². The quantitative estimate of drug-likeness (QED) is 0.564. The van der Waals surface area contributed by atoms with Gasteiger partial charge < -0.3 is 0 Å². The minimum atomic E-state index is 0.796. The molecular formula is C13H22. The van der Waals surface area contributed by atoms with Crippen LogP contribution < -0.4 is 0 Å². The third-order valence-corrected chi connectivity index (χ3v) is 3.02. The summed E-state index contributed by atoms with van der Waals surface area (Å²) in [7, 11) is 0. The van der Waals surface area contributed by atoms with Gasteiger partial charge in [-0.15, -0.1) is 6.58 Å². The average Bonchev–Trinajstić information content (AvgIpc) is 2.15. The lowest BCUT2D eigenvalue weighted by atomic mass is 9.80. The van der Waals surface area contributed by atoms with Gasteiger partial charge in [-0.1, -0.05) is 30.6 Å². The van der Waals surface area contributed by atoms with Crippen molar-refractivity contribution >= 4 is 0 Å². The second-order valence-corrected chi connectivity index (χ2v) is 4.55. The molecule has 0 amide bonds. The first kappa shape index (κ1) is 10.6. The summed E-state index contributed by atoms with van der Waals surface area (Å²) in [6.07, 6.45) is 11.4. The van der Waals surface area contributed by atoms with E-state index < -0.39 is 0 Å². The summed E-state index contributed by atoms with van der Waals surface area (Å²) in [5.41, 5.74) is 1.46. The van der Waals surface area contributed by atoms with Gasteiger partial charge in [0.1, 0.15) is 0 Å². The van der Waals surface area contributed by atoms with Crippen molar-refractivity contribution in [1.82, 2.24) is 0 Å². The molecule has 1 fully saturated rings. The molecule has 0 aromatic carbocycles. The molecule has 1 aliphatic carbocycles. The van der Waals surface area contributed by atoms with Crippen LogP contribution in [0, 0.1) is 11.8 Å². The van der Waals surface area contributed by atoms with E-state index in [1.807, 2.05) is 0 Å². The first-order valence-corrected chi connectivity index (χ1v) is 5.48. The number of rotatable bonds is 3. The fourth-order valence-electron chi connectivity index (χ4n) is 2.16. The lowest BCUT2D eigenvalue weighted by molar-refractivity contribution is 0.307. The molecule has 0 heterocycles. The zero-order valence-corrected chi connectivity index (χ0v) is 9.05. The fraction of sp³-hybridized carbons (Fsp3) is 0.692. The normalized spacial score (nSPS) is 28.2. The molecule has 1 rings (SSSR count). The van der Waals surface area contributed by atoms with Crippen molar-refractivity contribution in [1.29, 1.82) is 0 Å². The molecule has 0 bridgehead atoms. The maximum atomic E-state index is 3.90. The Balaban J connectivity index is 2.34. The van der Waals surface area contributed by atoms with Crippen molar-refractivity contribution in [2.24, 2.45) is 11.8 Å². The highest BCUT2D eigenvalue weighted by molar-refractivity contribution is 4.95. The summed E-state index contributed by atoms with van der Waals surface area (Å²) in [5.74, 6) is 1.72. The van der Waals surface area contributed by atoms with E-state index in [2.05, 4.69) is 32.6 Å². The second-order valence-electron chi connectivity index (χ2n) is 4.55. The first-order chi connectivity index (χ1) is 6.22. The second kappa shape index (κ2) is 5.26. The van der Waals surface area contributed by atoms with Crippen LogP contribution in [0.4, 0.5) is 0 Å². The molecular weight excluding hydrogens is 156 g/mol. The summed E-state index contributed by atoms with van der Waals surface area (Å²) < 4.78 is 0. The molecule has 0 aliphatic heterocycles. The van der Waals surface area contributed by atoms with Crippen LogP contribution in [-0.2, 0) is 0 Å². The lowest BCUT2D eigenvalue weighted by Gasteiger charge is -2.26. The van der Waals surface area contributed by atoms with Crippen LogP contribution in [0.5, 0.6) is 0 Å². The standard InChI is InChI=1S/C13H22/c1-4-12-6-5-7-13(10-12)9-8-11(2)3/h4,8,12-13H,1,5-7,9-10H2,2-3H3. The maximum Gasteiger partial charge on any atom is -0.0233 e. The highest BCUT2D eigenvalue weighted by atomic mass is 14.2. The highest BCUT2D eigenvalue weighted by Crippen LogP contribution is 2.31. The minimum absolute atomic E-state index is 0.796. The number of allylic oxidation sites excluding steroid dienone is 3. The smallest absolute Gasteiger partial charge is 0.0233 e.